The summed E-state index contributed by atoms with van der Waals surface area (Å²) in [5.74, 6) is 0.837. The predicted molar refractivity (Wildman–Crippen MR) is 143 cm³/mol. The molecular formula is C28H19ClN4O4. The summed E-state index contributed by atoms with van der Waals surface area (Å²) in [6, 6.07) is 27.6. The van der Waals surface area contributed by atoms with Crippen LogP contribution in [-0.2, 0) is 6.61 Å². The van der Waals surface area contributed by atoms with Gasteiger partial charge in [0.1, 0.15) is 12.4 Å². The maximum Gasteiger partial charge on any atom is 0.282 e. The summed E-state index contributed by atoms with van der Waals surface area (Å²) in [5.41, 5.74) is 2.13. The van der Waals surface area contributed by atoms with Gasteiger partial charge in [-0.25, -0.2) is 4.98 Å². The van der Waals surface area contributed by atoms with Crippen LogP contribution in [0.25, 0.3) is 22.3 Å². The van der Waals surface area contributed by atoms with Gasteiger partial charge in [0.05, 0.1) is 22.0 Å². The van der Waals surface area contributed by atoms with Crippen molar-refractivity contribution in [1.29, 1.82) is 0 Å². The zero-order valence-corrected chi connectivity index (χ0v) is 20.1. The number of nitro groups is 1. The summed E-state index contributed by atoms with van der Waals surface area (Å²) in [5, 5.41) is 16.5. The number of fused-ring (bicyclic) bond motifs is 1. The molecule has 0 aliphatic carbocycles. The Morgan fingerprint density at radius 3 is 2.57 bits per heavy atom. The first-order valence-electron chi connectivity index (χ1n) is 11.3. The van der Waals surface area contributed by atoms with Gasteiger partial charge in [-0.05, 0) is 35.9 Å². The normalized spacial score (nSPS) is 11.2. The van der Waals surface area contributed by atoms with Crippen LogP contribution in [0.15, 0.2) is 107 Å². The Balaban J connectivity index is 1.53. The number of nitro benzene ring substituents is 1. The lowest BCUT2D eigenvalue weighted by molar-refractivity contribution is -0.384. The highest BCUT2D eigenvalue weighted by Crippen LogP contribution is 2.24. The second kappa shape index (κ2) is 10.4. The summed E-state index contributed by atoms with van der Waals surface area (Å²) < 4.78 is 7.19. The zero-order valence-electron chi connectivity index (χ0n) is 19.3. The van der Waals surface area contributed by atoms with Gasteiger partial charge in [-0.1, -0.05) is 66.2 Å². The number of rotatable bonds is 7. The molecule has 5 aromatic rings. The van der Waals surface area contributed by atoms with Crippen molar-refractivity contribution in [3.05, 3.63) is 134 Å². The van der Waals surface area contributed by atoms with Gasteiger partial charge >= 0.3 is 0 Å². The molecule has 0 N–H and O–H groups in total. The number of para-hydroxylation sites is 1. The largest absolute Gasteiger partial charge is 0.488 e. The summed E-state index contributed by atoms with van der Waals surface area (Å²) in [4.78, 5) is 28.7. The fourth-order valence-corrected chi connectivity index (χ4v) is 3.98. The van der Waals surface area contributed by atoms with E-state index in [0.717, 1.165) is 5.56 Å². The van der Waals surface area contributed by atoms with Crippen molar-refractivity contribution in [1.82, 2.24) is 9.66 Å². The molecule has 0 aliphatic rings. The van der Waals surface area contributed by atoms with Crippen LogP contribution in [0.4, 0.5) is 5.69 Å². The minimum Gasteiger partial charge on any atom is -0.488 e. The molecule has 0 spiro atoms. The smallest absolute Gasteiger partial charge is 0.282 e. The molecule has 4 aromatic carbocycles. The Morgan fingerprint density at radius 2 is 1.76 bits per heavy atom. The van der Waals surface area contributed by atoms with Gasteiger partial charge in [0, 0.05) is 28.3 Å². The van der Waals surface area contributed by atoms with Gasteiger partial charge in [0.2, 0.25) is 0 Å². The van der Waals surface area contributed by atoms with Gasteiger partial charge in [0.25, 0.3) is 11.2 Å². The zero-order chi connectivity index (χ0) is 25.8. The van der Waals surface area contributed by atoms with Crippen molar-refractivity contribution in [2.45, 2.75) is 6.61 Å². The number of hydrogen-bond donors (Lipinski definition) is 0. The van der Waals surface area contributed by atoms with E-state index < -0.39 is 4.92 Å². The van der Waals surface area contributed by atoms with Crippen LogP contribution in [-0.4, -0.2) is 20.8 Å². The van der Waals surface area contributed by atoms with Crippen LogP contribution in [0, 0.1) is 10.1 Å². The number of benzene rings is 4. The monoisotopic (exact) mass is 510 g/mol. The van der Waals surface area contributed by atoms with Crippen molar-refractivity contribution >= 4 is 34.4 Å². The van der Waals surface area contributed by atoms with E-state index in [1.54, 1.807) is 48.5 Å². The first-order valence-corrected chi connectivity index (χ1v) is 11.6. The predicted octanol–water partition coefficient (Wildman–Crippen LogP) is 6.09. The third-order valence-electron chi connectivity index (χ3n) is 5.59. The molecular weight excluding hydrogens is 492 g/mol. The maximum absolute atomic E-state index is 13.4. The van der Waals surface area contributed by atoms with E-state index in [0.29, 0.717) is 38.6 Å². The van der Waals surface area contributed by atoms with Gasteiger partial charge in [-0.15, -0.1) is 0 Å². The van der Waals surface area contributed by atoms with Crippen molar-refractivity contribution in [3.63, 3.8) is 0 Å². The van der Waals surface area contributed by atoms with Gasteiger partial charge in [-0.2, -0.15) is 9.78 Å². The highest BCUT2D eigenvalue weighted by molar-refractivity contribution is 6.30. The Bertz CT molecular complexity index is 1700. The van der Waals surface area contributed by atoms with E-state index in [4.69, 9.17) is 21.3 Å². The molecule has 0 amide bonds. The highest BCUT2D eigenvalue weighted by atomic mass is 35.5. The molecule has 1 aromatic heterocycles. The Hall–Kier alpha value is -4.82. The summed E-state index contributed by atoms with van der Waals surface area (Å²) in [6.45, 7) is 0.0941. The number of nitrogens with zero attached hydrogens (tertiary/aromatic N) is 4. The number of hydrogen-bond acceptors (Lipinski definition) is 6. The summed E-state index contributed by atoms with van der Waals surface area (Å²) in [7, 11) is 0. The fraction of sp³-hybridized carbons (Fsp3) is 0.0357. The van der Waals surface area contributed by atoms with Crippen molar-refractivity contribution in [2.24, 2.45) is 5.10 Å². The molecule has 8 nitrogen and oxygen atoms in total. The van der Waals surface area contributed by atoms with Crippen LogP contribution in [0.1, 0.15) is 11.1 Å². The van der Waals surface area contributed by atoms with Gasteiger partial charge in [0.15, 0.2) is 5.82 Å². The quantitative estimate of drug-likeness (QED) is 0.150. The molecule has 0 atom stereocenters. The van der Waals surface area contributed by atoms with Crippen LogP contribution >= 0.6 is 11.6 Å². The van der Waals surface area contributed by atoms with E-state index in [1.165, 1.54) is 23.0 Å². The second-order valence-electron chi connectivity index (χ2n) is 8.08. The second-order valence-corrected chi connectivity index (χ2v) is 8.51. The molecule has 0 fully saturated rings. The van der Waals surface area contributed by atoms with E-state index in [2.05, 4.69) is 5.10 Å². The molecule has 0 radical (unpaired) electrons. The van der Waals surface area contributed by atoms with E-state index in [1.807, 2.05) is 36.4 Å². The lowest BCUT2D eigenvalue weighted by Crippen LogP contribution is -2.20. The standard InChI is InChI=1S/C28H19ClN4O4/c29-22-13-14-26(37-18-19-7-6-10-23(15-19)33(35)36)21(16-22)17-30-32-27(20-8-2-1-3-9-20)31-25-12-5-4-11-24(25)28(32)34/h1-17H,18H2. The lowest BCUT2D eigenvalue weighted by atomic mass is 10.2. The SMILES string of the molecule is O=c1c2ccccc2nc(-c2ccccc2)n1N=Cc1cc(Cl)ccc1OCc1cccc([N+](=O)[O-])c1. The molecule has 9 heteroatoms. The molecule has 0 saturated carbocycles. The Morgan fingerprint density at radius 1 is 0.973 bits per heavy atom. The third kappa shape index (κ3) is 5.24. The Labute approximate surface area is 216 Å². The lowest BCUT2D eigenvalue weighted by Gasteiger charge is -2.11. The van der Waals surface area contributed by atoms with Crippen molar-refractivity contribution in [3.8, 4) is 17.1 Å². The molecule has 0 aliphatic heterocycles. The highest BCUT2D eigenvalue weighted by Gasteiger charge is 2.13. The molecule has 182 valence electrons. The molecule has 0 saturated heterocycles. The van der Waals surface area contributed by atoms with Crippen LogP contribution in [0.3, 0.4) is 0 Å². The molecule has 0 unspecified atom stereocenters. The molecule has 5 rings (SSSR count). The first-order chi connectivity index (χ1) is 18.0. The summed E-state index contributed by atoms with van der Waals surface area (Å²) in [6.07, 6.45) is 1.49. The van der Waals surface area contributed by atoms with E-state index in [9.17, 15) is 14.9 Å². The van der Waals surface area contributed by atoms with E-state index >= 15 is 0 Å². The van der Waals surface area contributed by atoms with Crippen LogP contribution in [0.2, 0.25) is 5.02 Å². The average molecular weight is 511 g/mol. The third-order valence-corrected chi connectivity index (χ3v) is 5.82. The minimum absolute atomic E-state index is 0.0180. The number of aromatic nitrogens is 2. The van der Waals surface area contributed by atoms with Crippen LogP contribution in [0.5, 0.6) is 5.75 Å². The van der Waals surface area contributed by atoms with Gasteiger partial charge in [-0.3, -0.25) is 14.9 Å². The number of ether oxygens (including phenoxy) is 1. The molecule has 1 heterocycles. The minimum atomic E-state index is -0.455. The van der Waals surface area contributed by atoms with E-state index in [-0.39, 0.29) is 17.9 Å². The van der Waals surface area contributed by atoms with Crippen LogP contribution < -0.4 is 10.3 Å². The summed E-state index contributed by atoms with van der Waals surface area (Å²) >= 11 is 6.23. The fourth-order valence-electron chi connectivity index (χ4n) is 3.80. The molecule has 37 heavy (non-hydrogen) atoms. The average Bonchev–Trinajstić information content (AvgIpc) is 2.92. The topological polar surface area (TPSA) is 99.6 Å². The first kappa shape index (κ1) is 23.9. The number of halogens is 1. The molecule has 0 bridgehead atoms. The maximum atomic E-state index is 13.4. The van der Waals surface area contributed by atoms with Gasteiger partial charge < -0.3 is 4.74 Å². The number of non-ortho nitro benzene ring substituents is 1. The van der Waals surface area contributed by atoms with Crippen molar-refractivity contribution < 1.29 is 9.66 Å². The Kier molecular flexibility index (Phi) is 6.74. The van der Waals surface area contributed by atoms with Crippen molar-refractivity contribution in [2.75, 3.05) is 0 Å².